The van der Waals surface area contributed by atoms with Gasteiger partial charge in [-0.25, -0.2) is 0 Å². The first-order valence-electron chi connectivity index (χ1n) is 6.35. The molecule has 0 aliphatic carbocycles. The molecule has 0 N–H and O–H groups in total. The van der Waals surface area contributed by atoms with Crippen LogP contribution in [0.1, 0.15) is 18.9 Å². The first kappa shape index (κ1) is 14.1. The normalized spacial score (nSPS) is 19.5. The lowest BCUT2D eigenvalue weighted by Gasteiger charge is -2.37. The first-order chi connectivity index (χ1) is 9.17. The Kier molecular flexibility index (Phi) is 4.61. The van der Waals surface area contributed by atoms with E-state index in [0.29, 0.717) is 19.3 Å². The van der Waals surface area contributed by atoms with Crippen molar-refractivity contribution in [2.75, 3.05) is 24.7 Å². The summed E-state index contributed by atoms with van der Waals surface area (Å²) in [6.07, 6.45) is 0.971. The molecule has 104 valence electrons. The van der Waals surface area contributed by atoms with Gasteiger partial charge >= 0.3 is 0 Å². The lowest BCUT2D eigenvalue weighted by atomic mass is 10.1. The van der Waals surface area contributed by atoms with Gasteiger partial charge in [0.25, 0.3) is 5.69 Å². The molecule has 1 aliphatic rings. The Morgan fingerprint density at radius 1 is 1.58 bits per heavy atom. The van der Waals surface area contributed by atoms with Gasteiger partial charge in [0.15, 0.2) is 0 Å². The van der Waals surface area contributed by atoms with Crippen LogP contribution in [0.3, 0.4) is 0 Å². The van der Waals surface area contributed by atoms with Crippen molar-refractivity contribution >= 4 is 23.0 Å². The summed E-state index contributed by atoms with van der Waals surface area (Å²) in [5.41, 5.74) is 1.87. The number of hydrogen-bond donors (Lipinski definition) is 0. The molecular formula is C13H17ClN2O3. The van der Waals surface area contributed by atoms with Crippen LogP contribution in [-0.4, -0.2) is 30.7 Å². The van der Waals surface area contributed by atoms with Gasteiger partial charge in [-0.05, 0) is 18.1 Å². The van der Waals surface area contributed by atoms with Gasteiger partial charge in [-0.3, -0.25) is 10.1 Å². The zero-order chi connectivity index (χ0) is 13.8. The standard InChI is InChI=1S/C13H17ClN2O3/c1-2-11-9-19-6-5-15(11)13-4-3-12(16(17)18)7-10(13)8-14/h3-4,7,11H,2,5-6,8-9H2,1H3. The Morgan fingerprint density at radius 2 is 2.37 bits per heavy atom. The largest absolute Gasteiger partial charge is 0.377 e. The predicted octanol–water partition coefficient (Wildman–Crippen LogP) is 2.95. The lowest BCUT2D eigenvalue weighted by Crippen LogP contribution is -2.45. The molecule has 0 aromatic heterocycles. The minimum atomic E-state index is -0.392. The van der Waals surface area contributed by atoms with E-state index in [0.717, 1.165) is 24.2 Å². The summed E-state index contributed by atoms with van der Waals surface area (Å²) in [6.45, 7) is 4.27. The molecular weight excluding hydrogens is 268 g/mol. The van der Waals surface area contributed by atoms with E-state index in [-0.39, 0.29) is 11.6 Å². The van der Waals surface area contributed by atoms with Gasteiger partial charge in [0.2, 0.25) is 0 Å². The fourth-order valence-corrected chi connectivity index (χ4v) is 2.60. The van der Waals surface area contributed by atoms with E-state index < -0.39 is 4.92 Å². The Labute approximate surface area is 117 Å². The fourth-order valence-electron chi connectivity index (χ4n) is 2.38. The van der Waals surface area contributed by atoms with Crippen LogP contribution in [0.2, 0.25) is 0 Å². The van der Waals surface area contributed by atoms with Crippen molar-refractivity contribution in [3.05, 3.63) is 33.9 Å². The average Bonchev–Trinajstić information content (AvgIpc) is 2.46. The van der Waals surface area contributed by atoms with Gasteiger partial charge in [-0.1, -0.05) is 6.92 Å². The summed E-state index contributed by atoms with van der Waals surface area (Å²) >= 11 is 5.94. The molecule has 1 fully saturated rings. The second-order valence-electron chi connectivity index (χ2n) is 4.53. The lowest BCUT2D eigenvalue weighted by molar-refractivity contribution is -0.384. The number of benzene rings is 1. The molecule has 1 atom stereocenters. The van der Waals surface area contributed by atoms with Crippen molar-refractivity contribution in [3.8, 4) is 0 Å². The van der Waals surface area contributed by atoms with Crippen molar-refractivity contribution < 1.29 is 9.66 Å². The van der Waals surface area contributed by atoms with Crippen molar-refractivity contribution in [2.24, 2.45) is 0 Å². The Bertz CT molecular complexity index is 467. The molecule has 1 heterocycles. The summed E-state index contributed by atoms with van der Waals surface area (Å²) in [5, 5.41) is 10.8. The van der Waals surface area contributed by atoms with Crippen molar-refractivity contribution in [1.82, 2.24) is 0 Å². The molecule has 1 aliphatic heterocycles. The number of anilines is 1. The van der Waals surface area contributed by atoms with E-state index in [1.54, 1.807) is 12.1 Å². The van der Waals surface area contributed by atoms with E-state index >= 15 is 0 Å². The van der Waals surface area contributed by atoms with Crippen LogP contribution < -0.4 is 4.90 Å². The smallest absolute Gasteiger partial charge is 0.269 e. The molecule has 19 heavy (non-hydrogen) atoms. The molecule has 1 aromatic rings. The van der Waals surface area contributed by atoms with Crippen LogP contribution >= 0.6 is 11.6 Å². The number of alkyl halides is 1. The number of nitrogens with zero attached hydrogens (tertiary/aromatic N) is 2. The third-order valence-corrected chi connectivity index (χ3v) is 3.71. The van der Waals surface area contributed by atoms with E-state index in [1.807, 2.05) is 0 Å². The van der Waals surface area contributed by atoms with Crippen LogP contribution in [0.5, 0.6) is 0 Å². The molecule has 0 saturated carbocycles. The highest BCUT2D eigenvalue weighted by molar-refractivity contribution is 6.17. The van der Waals surface area contributed by atoms with Gasteiger partial charge < -0.3 is 9.64 Å². The van der Waals surface area contributed by atoms with E-state index in [1.165, 1.54) is 6.07 Å². The number of nitro groups is 1. The Morgan fingerprint density at radius 3 is 3.00 bits per heavy atom. The molecule has 0 bridgehead atoms. The van der Waals surface area contributed by atoms with Gasteiger partial charge in [0.1, 0.15) is 0 Å². The van der Waals surface area contributed by atoms with Crippen LogP contribution in [0, 0.1) is 10.1 Å². The molecule has 2 rings (SSSR count). The summed E-state index contributed by atoms with van der Waals surface area (Å²) in [6, 6.07) is 5.19. The summed E-state index contributed by atoms with van der Waals surface area (Å²) in [5.74, 6) is 0.269. The minimum absolute atomic E-state index is 0.0840. The second-order valence-corrected chi connectivity index (χ2v) is 4.80. The maximum absolute atomic E-state index is 10.8. The SMILES string of the molecule is CCC1COCCN1c1ccc([N+](=O)[O-])cc1CCl. The van der Waals surface area contributed by atoms with Gasteiger partial charge in [0, 0.05) is 30.2 Å². The zero-order valence-corrected chi connectivity index (χ0v) is 11.6. The Hall–Kier alpha value is -1.33. The number of ether oxygens (including phenoxy) is 1. The minimum Gasteiger partial charge on any atom is -0.377 e. The molecule has 0 radical (unpaired) electrons. The zero-order valence-electron chi connectivity index (χ0n) is 10.8. The highest BCUT2D eigenvalue weighted by Crippen LogP contribution is 2.30. The molecule has 1 unspecified atom stereocenters. The average molecular weight is 285 g/mol. The van der Waals surface area contributed by atoms with E-state index in [4.69, 9.17) is 16.3 Å². The Balaban J connectivity index is 2.34. The molecule has 1 aromatic carbocycles. The topological polar surface area (TPSA) is 55.6 Å². The van der Waals surface area contributed by atoms with Crippen molar-refractivity contribution in [1.29, 1.82) is 0 Å². The molecule has 1 saturated heterocycles. The number of hydrogen-bond acceptors (Lipinski definition) is 4. The third kappa shape index (κ3) is 2.98. The van der Waals surface area contributed by atoms with Gasteiger partial charge in [-0.2, -0.15) is 0 Å². The van der Waals surface area contributed by atoms with Crippen molar-refractivity contribution in [2.45, 2.75) is 25.3 Å². The third-order valence-electron chi connectivity index (χ3n) is 3.43. The maximum Gasteiger partial charge on any atom is 0.269 e. The van der Waals surface area contributed by atoms with Crippen molar-refractivity contribution in [3.63, 3.8) is 0 Å². The monoisotopic (exact) mass is 284 g/mol. The second kappa shape index (κ2) is 6.21. The van der Waals surface area contributed by atoms with Crippen LogP contribution in [0.25, 0.3) is 0 Å². The van der Waals surface area contributed by atoms with Crippen LogP contribution in [-0.2, 0) is 10.6 Å². The highest BCUT2D eigenvalue weighted by Gasteiger charge is 2.24. The van der Waals surface area contributed by atoms with Gasteiger partial charge in [0.05, 0.1) is 24.2 Å². The first-order valence-corrected chi connectivity index (χ1v) is 6.88. The number of halogens is 1. The summed E-state index contributed by atoms with van der Waals surface area (Å²) in [7, 11) is 0. The summed E-state index contributed by atoms with van der Waals surface area (Å²) < 4.78 is 5.48. The fraction of sp³-hybridized carbons (Fsp3) is 0.538. The van der Waals surface area contributed by atoms with Crippen LogP contribution in [0.4, 0.5) is 11.4 Å². The van der Waals surface area contributed by atoms with E-state index in [2.05, 4.69) is 11.8 Å². The predicted molar refractivity (Wildman–Crippen MR) is 74.9 cm³/mol. The van der Waals surface area contributed by atoms with Crippen LogP contribution in [0.15, 0.2) is 18.2 Å². The molecule has 5 nitrogen and oxygen atoms in total. The highest BCUT2D eigenvalue weighted by atomic mass is 35.5. The molecule has 0 spiro atoms. The number of rotatable bonds is 4. The number of nitro benzene ring substituents is 1. The molecule has 0 amide bonds. The quantitative estimate of drug-likeness (QED) is 0.484. The maximum atomic E-state index is 10.8. The van der Waals surface area contributed by atoms with E-state index in [9.17, 15) is 10.1 Å². The number of morpholine rings is 1. The van der Waals surface area contributed by atoms with Gasteiger partial charge in [-0.15, -0.1) is 11.6 Å². The molecule has 6 heteroatoms. The summed E-state index contributed by atoms with van der Waals surface area (Å²) in [4.78, 5) is 12.7. The number of non-ortho nitro benzene ring substituents is 1.